The van der Waals surface area contributed by atoms with Gasteiger partial charge in [0.1, 0.15) is 12.3 Å². The van der Waals surface area contributed by atoms with Gasteiger partial charge in [-0.15, -0.1) is 0 Å². The van der Waals surface area contributed by atoms with E-state index >= 15 is 0 Å². The van der Waals surface area contributed by atoms with E-state index in [2.05, 4.69) is 0 Å². The molecule has 9 heteroatoms. The molecule has 8 nitrogen and oxygen atoms in total. The summed E-state index contributed by atoms with van der Waals surface area (Å²) < 4.78 is 16.8. The molecule has 0 saturated heterocycles. The highest BCUT2D eigenvalue weighted by molar-refractivity contribution is 7.51. The van der Waals surface area contributed by atoms with Gasteiger partial charge in [-0.2, -0.15) is 0 Å². The lowest BCUT2D eigenvalue weighted by atomic mass is 10.0. The molecule has 0 aliphatic heterocycles. The number of esters is 1. The molecule has 0 aromatic heterocycles. The zero-order chi connectivity index (χ0) is 23.7. The van der Waals surface area contributed by atoms with E-state index < -0.39 is 31.9 Å². The first-order valence-electron chi connectivity index (χ1n) is 10.4. The Balaban J connectivity index is 2.48. The van der Waals surface area contributed by atoms with Crippen LogP contribution in [0.25, 0.3) is 0 Å². The SMILES string of the molecule is COC(=O)[C@H](Cc1ccccc1)N(Cc1ccccc1)C(=O)N(CC(C)C)CP(=O)(O)O. The Morgan fingerprint density at radius 1 is 0.969 bits per heavy atom. The molecular formula is C23H31N2O6P. The van der Waals surface area contributed by atoms with Crippen molar-refractivity contribution in [2.45, 2.75) is 32.9 Å². The van der Waals surface area contributed by atoms with Gasteiger partial charge in [0.25, 0.3) is 0 Å². The second-order valence-corrected chi connectivity index (χ2v) is 9.66. The molecule has 174 valence electrons. The molecule has 0 saturated carbocycles. The molecule has 0 heterocycles. The molecule has 1 atom stereocenters. The van der Waals surface area contributed by atoms with Gasteiger partial charge in [-0.25, -0.2) is 9.59 Å². The average molecular weight is 462 g/mol. The predicted molar refractivity (Wildman–Crippen MR) is 122 cm³/mol. The Bertz CT molecular complexity index is 917. The van der Waals surface area contributed by atoms with E-state index in [4.69, 9.17) is 4.74 Å². The Morgan fingerprint density at radius 2 is 1.50 bits per heavy atom. The first-order valence-corrected chi connectivity index (χ1v) is 12.2. The molecule has 0 spiro atoms. The van der Waals surface area contributed by atoms with Gasteiger partial charge in [0, 0.05) is 19.5 Å². The van der Waals surface area contributed by atoms with E-state index in [1.54, 1.807) is 0 Å². The van der Waals surface area contributed by atoms with Crippen LogP contribution in [-0.2, 0) is 27.1 Å². The fourth-order valence-electron chi connectivity index (χ4n) is 3.43. The Hall–Kier alpha value is -2.67. The van der Waals surface area contributed by atoms with Gasteiger partial charge in [0.15, 0.2) is 0 Å². The number of nitrogens with zero attached hydrogens (tertiary/aromatic N) is 2. The van der Waals surface area contributed by atoms with Crippen LogP contribution in [0.1, 0.15) is 25.0 Å². The lowest BCUT2D eigenvalue weighted by Crippen LogP contribution is -2.52. The van der Waals surface area contributed by atoms with Gasteiger partial charge in [-0.1, -0.05) is 74.5 Å². The summed E-state index contributed by atoms with van der Waals surface area (Å²) in [7, 11) is -3.26. The van der Waals surface area contributed by atoms with E-state index in [0.29, 0.717) is 0 Å². The Kier molecular flexibility index (Phi) is 9.44. The zero-order valence-corrected chi connectivity index (χ0v) is 19.5. The normalized spacial score (nSPS) is 12.3. The van der Waals surface area contributed by atoms with Crippen LogP contribution in [0.3, 0.4) is 0 Å². The topological polar surface area (TPSA) is 107 Å². The van der Waals surface area contributed by atoms with Crippen LogP contribution >= 0.6 is 7.60 Å². The first kappa shape index (κ1) is 25.6. The van der Waals surface area contributed by atoms with Gasteiger partial charge in [0.2, 0.25) is 0 Å². The molecule has 2 N–H and O–H groups in total. The van der Waals surface area contributed by atoms with Gasteiger partial charge in [-0.3, -0.25) is 4.57 Å². The number of amides is 2. The molecule has 2 amide bonds. The predicted octanol–water partition coefficient (Wildman–Crippen LogP) is 3.49. The van der Waals surface area contributed by atoms with Crippen molar-refractivity contribution < 1.29 is 28.7 Å². The first-order chi connectivity index (χ1) is 15.1. The molecule has 2 aromatic rings. The van der Waals surface area contributed by atoms with E-state index in [-0.39, 0.29) is 25.4 Å². The highest BCUT2D eigenvalue weighted by Crippen LogP contribution is 2.36. The summed E-state index contributed by atoms with van der Waals surface area (Å²) in [5, 5.41) is 0. The number of urea groups is 1. The van der Waals surface area contributed by atoms with Crippen LogP contribution in [0.4, 0.5) is 4.79 Å². The van der Waals surface area contributed by atoms with Gasteiger partial charge in [-0.05, 0) is 17.0 Å². The minimum absolute atomic E-state index is 0.0326. The molecule has 0 fully saturated rings. The van der Waals surface area contributed by atoms with Crippen LogP contribution in [0, 0.1) is 5.92 Å². The van der Waals surface area contributed by atoms with Crippen LogP contribution in [0.2, 0.25) is 0 Å². The molecule has 2 aromatic carbocycles. The van der Waals surface area contributed by atoms with Gasteiger partial charge < -0.3 is 24.3 Å². The van der Waals surface area contributed by atoms with E-state index in [1.165, 1.54) is 12.0 Å². The second kappa shape index (κ2) is 11.8. The lowest BCUT2D eigenvalue weighted by Gasteiger charge is -2.35. The van der Waals surface area contributed by atoms with Crippen molar-refractivity contribution in [1.82, 2.24) is 9.80 Å². The smallest absolute Gasteiger partial charge is 0.344 e. The van der Waals surface area contributed by atoms with Crippen molar-refractivity contribution in [2.75, 3.05) is 19.9 Å². The molecule has 2 rings (SSSR count). The number of carbonyl (C=O) groups excluding carboxylic acids is 2. The van der Waals surface area contributed by atoms with Crippen molar-refractivity contribution in [3.63, 3.8) is 0 Å². The van der Waals surface area contributed by atoms with Crippen molar-refractivity contribution in [3.8, 4) is 0 Å². The molecule has 0 unspecified atom stereocenters. The third-order valence-electron chi connectivity index (χ3n) is 4.77. The minimum Gasteiger partial charge on any atom is -0.467 e. The standard InChI is InChI=1S/C23H31N2O6P/c1-18(2)15-24(17-32(28,29)30)23(27)25(16-20-12-8-5-9-13-20)21(22(26)31-3)14-19-10-6-4-7-11-19/h4-13,18,21H,14-17H2,1-3H3,(H2,28,29,30)/t21-/m0/s1. The molecular weight excluding hydrogens is 431 g/mol. The zero-order valence-electron chi connectivity index (χ0n) is 18.6. The van der Waals surface area contributed by atoms with Crippen molar-refractivity contribution in [1.29, 1.82) is 0 Å². The number of carbonyl (C=O) groups is 2. The number of benzene rings is 2. The van der Waals surface area contributed by atoms with Crippen molar-refractivity contribution in [2.24, 2.45) is 5.92 Å². The summed E-state index contributed by atoms with van der Waals surface area (Å²) >= 11 is 0. The monoisotopic (exact) mass is 462 g/mol. The quantitative estimate of drug-likeness (QED) is 0.414. The molecule has 32 heavy (non-hydrogen) atoms. The molecule has 0 radical (unpaired) electrons. The van der Waals surface area contributed by atoms with Crippen LogP contribution in [-0.4, -0.2) is 57.6 Å². The molecule has 0 aliphatic rings. The third-order valence-corrected chi connectivity index (χ3v) is 5.48. The summed E-state index contributed by atoms with van der Waals surface area (Å²) in [6.07, 6.45) is -0.522. The maximum absolute atomic E-state index is 13.6. The van der Waals surface area contributed by atoms with Crippen LogP contribution < -0.4 is 0 Å². The highest BCUT2D eigenvalue weighted by Gasteiger charge is 2.35. The Labute approximate surface area is 189 Å². The van der Waals surface area contributed by atoms with Crippen LogP contribution in [0.15, 0.2) is 60.7 Å². The number of methoxy groups -OCH3 is 1. The summed E-state index contributed by atoms with van der Waals surface area (Å²) in [4.78, 5) is 48.0. The Morgan fingerprint density at radius 3 is 1.97 bits per heavy atom. The minimum atomic E-state index is -4.52. The average Bonchev–Trinajstić information content (AvgIpc) is 2.75. The summed E-state index contributed by atoms with van der Waals surface area (Å²) in [6, 6.07) is 16.8. The number of hydrogen-bond donors (Lipinski definition) is 2. The van der Waals surface area contributed by atoms with E-state index in [1.807, 2.05) is 74.5 Å². The maximum atomic E-state index is 13.6. The fourth-order valence-corrected chi connectivity index (χ4v) is 4.11. The van der Waals surface area contributed by atoms with Gasteiger partial charge in [0.05, 0.1) is 7.11 Å². The van der Waals surface area contributed by atoms with Crippen molar-refractivity contribution >= 4 is 19.6 Å². The lowest BCUT2D eigenvalue weighted by molar-refractivity contribution is -0.146. The second-order valence-electron chi connectivity index (χ2n) is 8.05. The largest absolute Gasteiger partial charge is 0.467 e. The fraction of sp³-hybridized carbons (Fsp3) is 0.391. The number of rotatable bonds is 10. The van der Waals surface area contributed by atoms with E-state index in [0.717, 1.165) is 16.0 Å². The van der Waals surface area contributed by atoms with Gasteiger partial charge >= 0.3 is 19.6 Å². The summed E-state index contributed by atoms with van der Waals surface area (Å²) in [5.74, 6) is -0.631. The summed E-state index contributed by atoms with van der Waals surface area (Å²) in [5.41, 5.74) is 1.61. The molecule has 0 aliphatic carbocycles. The number of hydrogen-bond acceptors (Lipinski definition) is 4. The molecule has 0 bridgehead atoms. The van der Waals surface area contributed by atoms with Crippen molar-refractivity contribution in [3.05, 3.63) is 71.8 Å². The van der Waals surface area contributed by atoms with E-state index in [9.17, 15) is 23.9 Å². The third kappa shape index (κ3) is 8.11. The van der Waals surface area contributed by atoms with Crippen LogP contribution in [0.5, 0.6) is 0 Å². The maximum Gasteiger partial charge on any atom is 0.344 e. The highest BCUT2D eigenvalue weighted by atomic mass is 31.2. The number of ether oxygens (including phenoxy) is 1. The summed E-state index contributed by atoms with van der Waals surface area (Å²) in [6.45, 7) is 3.92.